The van der Waals surface area contributed by atoms with Gasteiger partial charge in [0.2, 0.25) is 0 Å². The lowest BCUT2D eigenvalue weighted by atomic mass is 10.0. The molecule has 0 radical (unpaired) electrons. The van der Waals surface area contributed by atoms with Crippen LogP contribution in [0.5, 0.6) is 0 Å². The lowest BCUT2D eigenvalue weighted by Gasteiger charge is -2.30. The van der Waals surface area contributed by atoms with Gasteiger partial charge in [-0.2, -0.15) is 5.26 Å². The number of likely N-dealkylation sites (N-methyl/N-ethyl adjacent to an activating group) is 1. The molecule has 3 nitrogen and oxygen atoms in total. The molecule has 1 unspecified atom stereocenters. The minimum Gasteiger partial charge on any atom is -0.303 e. The number of unbranched alkanes of at least 4 members (excludes halogenated alkanes) is 1. The Morgan fingerprint density at radius 3 is 2.47 bits per heavy atom. The molecule has 0 aliphatic rings. The van der Waals surface area contributed by atoms with Crippen molar-refractivity contribution < 1.29 is 0 Å². The van der Waals surface area contributed by atoms with Gasteiger partial charge in [0, 0.05) is 12.6 Å². The summed E-state index contributed by atoms with van der Waals surface area (Å²) in [4.78, 5) is 2.22. The lowest BCUT2D eigenvalue weighted by molar-refractivity contribution is 0.248. The van der Waals surface area contributed by atoms with Crippen LogP contribution >= 0.6 is 0 Å². The van der Waals surface area contributed by atoms with E-state index in [9.17, 15) is 0 Å². The van der Waals surface area contributed by atoms with E-state index in [0.717, 1.165) is 13.1 Å². The van der Waals surface area contributed by atoms with Gasteiger partial charge >= 0.3 is 0 Å². The van der Waals surface area contributed by atoms with Crippen molar-refractivity contribution in [2.45, 2.75) is 52.1 Å². The Balaban J connectivity index is 4.13. The molecule has 0 aromatic rings. The van der Waals surface area contributed by atoms with Crippen molar-refractivity contribution in [3.8, 4) is 6.07 Å². The summed E-state index contributed by atoms with van der Waals surface area (Å²) in [7, 11) is 2.08. The molecule has 0 bridgehead atoms. The van der Waals surface area contributed by atoms with Crippen molar-refractivity contribution in [2.75, 3.05) is 20.1 Å². The molecule has 0 saturated carbocycles. The highest BCUT2D eigenvalue weighted by Crippen LogP contribution is 2.06. The second-order valence-corrected chi connectivity index (χ2v) is 4.83. The fourth-order valence-corrected chi connectivity index (χ4v) is 1.80. The number of hydrogen-bond donors (Lipinski definition) is 1. The van der Waals surface area contributed by atoms with Gasteiger partial charge in [-0.05, 0) is 40.8 Å². The predicted molar refractivity (Wildman–Crippen MR) is 64.7 cm³/mol. The van der Waals surface area contributed by atoms with Gasteiger partial charge in [0.1, 0.15) is 5.54 Å². The maximum atomic E-state index is 9.17. The number of nitriles is 1. The summed E-state index contributed by atoms with van der Waals surface area (Å²) in [6.45, 7) is 10.1. The zero-order valence-corrected chi connectivity index (χ0v) is 10.8. The van der Waals surface area contributed by atoms with Crippen LogP contribution in [-0.2, 0) is 0 Å². The maximum Gasteiger partial charge on any atom is 0.116 e. The Bertz CT molecular complexity index is 207. The van der Waals surface area contributed by atoms with Crippen LogP contribution in [0.4, 0.5) is 0 Å². The largest absolute Gasteiger partial charge is 0.303 e. The fourth-order valence-electron chi connectivity index (χ4n) is 1.80. The molecule has 3 heteroatoms. The summed E-state index contributed by atoms with van der Waals surface area (Å²) in [6.07, 6.45) is 2.39. The molecule has 0 heterocycles. The van der Waals surface area contributed by atoms with Gasteiger partial charge in [-0.3, -0.25) is 5.32 Å². The first kappa shape index (κ1) is 14.4. The van der Waals surface area contributed by atoms with Crippen molar-refractivity contribution in [3.05, 3.63) is 0 Å². The number of hydrogen-bond acceptors (Lipinski definition) is 3. The molecule has 0 rings (SSSR count). The smallest absolute Gasteiger partial charge is 0.116 e. The zero-order valence-electron chi connectivity index (χ0n) is 10.8. The van der Waals surface area contributed by atoms with Crippen molar-refractivity contribution in [3.63, 3.8) is 0 Å². The molecule has 0 spiro atoms. The standard InChI is InChI=1S/C12H25N3/c1-6-7-8-15(5)10-12(4,9-13)14-11(2)3/h11,14H,6-8,10H2,1-5H3. The van der Waals surface area contributed by atoms with Crippen LogP contribution in [0.15, 0.2) is 0 Å². The monoisotopic (exact) mass is 211 g/mol. The number of rotatable bonds is 7. The normalized spacial score (nSPS) is 15.3. The quantitative estimate of drug-likeness (QED) is 0.700. The first-order valence-electron chi connectivity index (χ1n) is 5.81. The van der Waals surface area contributed by atoms with Crippen LogP contribution in [0.1, 0.15) is 40.5 Å². The van der Waals surface area contributed by atoms with Gasteiger partial charge in [-0.15, -0.1) is 0 Å². The minimum absolute atomic E-state index is 0.342. The van der Waals surface area contributed by atoms with E-state index < -0.39 is 5.54 Å². The molecule has 0 aromatic carbocycles. The third kappa shape index (κ3) is 6.48. The second kappa shape index (κ2) is 6.81. The number of nitrogens with zero attached hydrogens (tertiary/aromatic N) is 2. The molecule has 0 fully saturated rings. The highest BCUT2D eigenvalue weighted by molar-refractivity contribution is 5.06. The summed E-state index contributed by atoms with van der Waals surface area (Å²) in [5.74, 6) is 0. The van der Waals surface area contributed by atoms with Crippen molar-refractivity contribution in [1.29, 1.82) is 5.26 Å². The molecule has 0 saturated heterocycles. The van der Waals surface area contributed by atoms with Gasteiger partial charge in [0.25, 0.3) is 0 Å². The molecule has 0 aliphatic carbocycles. The topological polar surface area (TPSA) is 39.1 Å². The van der Waals surface area contributed by atoms with Gasteiger partial charge in [-0.25, -0.2) is 0 Å². The summed E-state index contributed by atoms with van der Waals surface area (Å²) in [5, 5.41) is 12.5. The minimum atomic E-state index is -0.434. The molecule has 15 heavy (non-hydrogen) atoms. The van der Waals surface area contributed by atoms with Gasteiger partial charge in [0.15, 0.2) is 0 Å². The molecule has 0 aliphatic heterocycles. The first-order valence-corrected chi connectivity index (χ1v) is 5.81. The highest BCUT2D eigenvalue weighted by atomic mass is 15.1. The first-order chi connectivity index (χ1) is 6.93. The molecule has 1 N–H and O–H groups in total. The van der Waals surface area contributed by atoms with E-state index in [4.69, 9.17) is 5.26 Å². The lowest BCUT2D eigenvalue weighted by Crippen LogP contribution is -2.52. The average Bonchev–Trinajstić information content (AvgIpc) is 2.13. The Hall–Kier alpha value is -0.590. The van der Waals surface area contributed by atoms with Crippen molar-refractivity contribution in [2.24, 2.45) is 0 Å². The molecule has 0 aromatic heterocycles. The van der Waals surface area contributed by atoms with Gasteiger partial charge in [-0.1, -0.05) is 13.3 Å². The van der Waals surface area contributed by atoms with E-state index in [1.54, 1.807) is 0 Å². The molecule has 1 atom stereocenters. The fraction of sp³-hybridized carbons (Fsp3) is 0.917. The summed E-state index contributed by atoms with van der Waals surface area (Å²) >= 11 is 0. The van der Waals surface area contributed by atoms with Crippen molar-refractivity contribution >= 4 is 0 Å². The summed E-state index contributed by atoms with van der Waals surface area (Å²) in [6, 6.07) is 2.71. The number of nitrogens with one attached hydrogen (secondary N) is 1. The Labute approximate surface area is 94.5 Å². The molecular weight excluding hydrogens is 186 g/mol. The van der Waals surface area contributed by atoms with Crippen LogP contribution in [0.25, 0.3) is 0 Å². The van der Waals surface area contributed by atoms with E-state index in [1.807, 2.05) is 6.92 Å². The van der Waals surface area contributed by atoms with Crippen LogP contribution < -0.4 is 5.32 Å². The van der Waals surface area contributed by atoms with E-state index in [0.29, 0.717) is 6.04 Å². The molecule has 0 amide bonds. The van der Waals surface area contributed by atoms with Crippen LogP contribution in [0, 0.1) is 11.3 Å². The molecular formula is C12H25N3. The Morgan fingerprint density at radius 2 is 2.07 bits per heavy atom. The maximum absolute atomic E-state index is 9.17. The third-order valence-electron chi connectivity index (χ3n) is 2.33. The highest BCUT2D eigenvalue weighted by Gasteiger charge is 2.25. The Morgan fingerprint density at radius 1 is 1.47 bits per heavy atom. The van der Waals surface area contributed by atoms with E-state index >= 15 is 0 Å². The third-order valence-corrected chi connectivity index (χ3v) is 2.33. The SMILES string of the molecule is CCCCN(C)CC(C)(C#N)NC(C)C. The van der Waals surface area contributed by atoms with Crippen molar-refractivity contribution in [1.82, 2.24) is 10.2 Å². The van der Waals surface area contributed by atoms with Gasteiger partial charge < -0.3 is 4.90 Å². The summed E-state index contributed by atoms with van der Waals surface area (Å²) in [5.41, 5.74) is -0.434. The van der Waals surface area contributed by atoms with Gasteiger partial charge in [0.05, 0.1) is 6.07 Å². The summed E-state index contributed by atoms with van der Waals surface area (Å²) < 4.78 is 0. The van der Waals surface area contributed by atoms with E-state index in [2.05, 4.69) is 44.1 Å². The zero-order chi connectivity index (χ0) is 11.9. The van der Waals surface area contributed by atoms with Crippen LogP contribution in [-0.4, -0.2) is 36.6 Å². The molecule has 88 valence electrons. The van der Waals surface area contributed by atoms with Crippen LogP contribution in [0.3, 0.4) is 0 Å². The van der Waals surface area contributed by atoms with Crippen LogP contribution in [0.2, 0.25) is 0 Å². The average molecular weight is 211 g/mol. The Kier molecular flexibility index (Phi) is 6.55. The van der Waals surface area contributed by atoms with E-state index in [-0.39, 0.29) is 0 Å². The predicted octanol–water partition coefficient (Wildman–Crippen LogP) is 2.00. The van der Waals surface area contributed by atoms with E-state index in [1.165, 1.54) is 12.8 Å². The second-order valence-electron chi connectivity index (χ2n) is 4.83.